The Morgan fingerprint density at radius 3 is 2.52 bits per heavy atom. The maximum Gasteiger partial charge on any atom is 0.336 e. The van der Waals surface area contributed by atoms with Crippen molar-refractivity contribution in [1.82, 2.24) is 0 Å². The molecule has 0 aromatic heterocycles. The number of nitrogens with zero attached hydrogens (tertiary/aromatic N) is 1. The number of halogens is 3. The van der Waals surface area contributed by atoms with Crippen LogP contribution in [0.5, 0.6) is 0 Å². The zero-order valence-corrected chi connectivity index (χ0v) is 12.7. The molecule has 1 N–H and O–H groups in total. The number of carboxylic acids is 1. The van der Waals surface area contributed by atoms with Crippen molar-refractivity contribution in [1.29, 1.82) is 0 Å². The third-order valence-corrected chi connectivity index (χ3v) is 3.84. The van der Waals surface area contributed by atoms with Gasteiger partial charge in [0.25, 0.3) is 0 Å². The monoisotopic (exact) mass is 355 g/mol. The van der Waals surface area contributed by atoms with Gasteiger partial charge in [-0.05, 0) is 34.1 Å². The number of hydrogen-bond donors (Lipinski definition) is 1. The van der Waals surface area contributed by atoms with Gasteiger partial charge in [-0.2, -0.15) is 0 Å². The smallest absolute Gasteiger partial charge is 0.336 e. The van der Waals surface area contributed by atoms with Crippen LogP contribution in [0.1, 0.15) is 15.9 Å². The van der Waals surface area contributed by atoms with Crippen LogP contribution in [0.15, 0.2) is 40.9 Å². The van der Waals surface area contributed by atoms with Crippen molar-refractivity contribution >= 4 is 27.6 Å². The van der Waals surface area contributed by atoms with E-state index in [9.17, 15) is 13.6 Å². The molecule has 0 bridgehead atoms. The van der Waals surface area contributed by atoms with Gasteiger partial charge >= 0.3 is 5.97 Å². The van der Waals surface area contributed by atoms with E-state index >= 15 is 0 Å². The molecule has 0 aliphatic heterocycles. The van der Waals surface area contributed by atoms with Crippen LogP contribution in [0.4, 0.5) is 14.5 Å². The summed E-state index contributed by atoms with van der Waals surface area (Å²) in [6, 6.07) is 8.91. The lowest BCUT2D eigenvalue weighted by molar-refractivity contribution is 0.0695. The summed E-state index contributed by atoms with van der Waals surface area (Å²) in [5.41, 5.74) is 0.462. The van der Waals surface area contributed by atoms with E-state index in [0.717, 1.165) is 0 Å². The van der Waals surface area contributed by atoms with Gasteiger partial charge in [0.1, 0.15) is 5.82 Å². The first-order valence-electron chi connectivity index (χ1n) is 6.07. The fourth-order valence-corrected chi connectivity index (χ4v) is 2.47. The maximum atomic E-state index is 14.2. The summed E-state index contributed by atoms with van der Waals surface area (Å²) in [6.45, 7) is 0.169. The standard InChI is InChI=1S/C15H12BrF2NO2/c1-19(8-9-4-2-3-5-11(9)17)12-7-6-10(15(20)21)13(16)14(12)18/h2-7H,8H2,1H3,(H,20,21). The first-order valence-corrected chi connectivity index (χ1v) is 6.87. The van der Waals surface area contributed by atoms with Crippen molar-refractivity contribution in [3.63, 3.8) is 0 Å². The Hall–Kier alpha value is -1.95. The second-order valence-electron chi connectivity index (χ2n) is 4.51. The van der Waals surface area contributed by atoms with Crippen molar-refractivity contribution in [3.05, 3.63) is 63.6 Å². The molecule has 2 aromatic rings. The Balaban J connectivity index is 2.32. The van der Waals surface area contributed by atoms with Crippen molar-refractivity contribution in [2.45, 2.75) is 6.54 Å². The average molecular weight is 356 g/mol. The van der Waals surface area contributed by atoms with Crippen molar-refractivity contribution in [3.8, 4) is 0 Å². The van der Waals surface area contributed by atoms with Crippen molar-refractivity contribution in [2.24, 2.45) is 0 Å². The van der Waals surface area contributed by atoms with Gasteiger partial charge < -0.3 is 10.0 Å². The van der Waals surface area contributed by atoms with Crippen LogP contribution in [-0.4, -0.2) is 18.1 Å². The third kappa shape index (κ3) is 3.21. The van der Waals surface area contributed by atoms with E-state index in [4.69, 9.17) is 5.11 Å². The molecule has 0 amide bonds. The fourth-order valence-electron chi connectivity index (χ4n) is 1.97. The number of hydrogen-bond acceptors (Lipinski definition) is 2. The molecule has 0 aliphatic carbocycles. The normalized spacial score (nSPS) is 10.5. The highest BCUT2D eigenvalue weighted by molar-refractivity contribution is 9.10. The molecule has 3 nitrogen and oxygen atoms in total. The second kappa shape index (κ2) is 6.22. The minimum absolute atomic E-state index is 0.118. The van der Waals surface area contributed by atoms with E-state index in [-0.39, 0.29) is 28.1 Å². The van der Waals surface area contributed by atoms with Gasteiger partial charge in [0.2, 0.25) is 0 Å². The van der Waals surface area contributed by atoms with Crippen LogP contribution in [0.2, 0.25) is 0 Å². The summed E-state index contributed by atoms with van der Waals surface area (Å²) in [6.07, 6.45) is 0. The number of rotatable bonds is 4. The summed E-state index contributed by atoms with van der Waals surface area (Å²) < 4.78 is 27.7. The van der Waals surface area contributed by atoms with Crippen LogP contribution < -0.4 is 4.90 Å². The van der Waals surface area contributed by atoms with Gasteiger partial charge in [0, 0.05) is 19.2 Å². The molecule has 2 rings (SSSR count). The zero-order valence-electron chi connectivity index (χ0n) is 11.1. The highest BCUT2D eigenvalue weighted by Crippen LogP contribution is 2.30. The van der Waals surface area contributed by atoms with Gasteiger partial charge in [-0.1, -0.05) is 18.2 Å². The molecule has 21 heavy (non-hydrogen) atoms. The molecule has 0 aliphatic rings. The minimum Gasteiger partial charge on any atom is -0.478 e. The van der Waals surface area contributed by atoms with Gasteiger partial charge in [-0.3, -0.25) is 0 Å². The zero-order chi connectivity index (χ0) is 15.6. The molecule has 110 valence electrons. The topological polar surface area (TPSA) is 40.5 Å². The Labute approximate surface area is 128 Å². The molecule has 0 saturated carbocycles. The van der Waals surface area contributed by atoms with Crippen LogP contribution in [0.3, 0.4) is 0 Å². The van der Waals surface area contributed by atoms with E-state index in [1.807, 2.05) is 0 Å². The van der Waals surface area contributed by atoms with Crippen molar-refractivity contribution in [2.75, 3.05) is 11.9 Å². The summed E-state index contributed by atoms with van der Waals surface area (Å²) in [5.74, 6) is -2.27. The Morgan fingerprint density at radius 2 is 1.90 bits per heavy atom. The van der Waals surface area contributed by atoms with E-state index < -0.39 is 11.8 Å². The van der Waals surface area contributed by atoms with Crippen molar-refractivity contribution < 1.29 is 18.7 Å². The molecule has 0 saturated heterocycles. The Kier molecular flexibility index (Phi) is 4.57. The van der Waals surface area contributed by atoms with Crippen LogP contribution in [0, 0.1) is 11.6 Å². The molecular formula is C15H12BrF2NO2. The largest absolute Gasteiger partial charge is 0.478 e. The van der Waals surface area contributed by atoms with Crippen LogP contribution in [0.25, 0.3) is 0 Å². The number of aromatic carboxylic acids is 1. The van der Waals surface area contributed by atoms with Gasteiger partial charge in [-0.25, -0.2) is 13.6 Å². The molecule has 2 aromatic carbocycles. The molecule has 6 heteroatoms. The maximum absolute atomic E-state index is 14.2. The summed E-state index contributed by atoms with van der Waals surface area (Å²) >= 11 is 2.94. The van der Waals surface area contributed by atoms with Gasteiger partial charge in [0.15, 0.2) is 5.82 Å². The molecule has 0 spiro atoms. The summed E-state index contributed by atoms with van der Waals surface area (Å²) in [5, 5.41) is 8.93. The number of carbonyl (C=O) groups is 1. The highest BCUT2D eigenvalue weighted by Gasteiger charge is 2.18. The van der Waals surface area contributed by atoms with Crippen LogP contribution in [-0.2, 0) is 6.54 Å². The van der Waals surface area contributed by atoms with Gasteiger partial charge in [-0.15, -0.1) is 0 Å². The second-order valence-corrected chi connectivity index (χ2v) is 5.31. The molecule has 0 radical (unpaired) electrons. The average Bonchev–Trinajstić information content (AvgIpc) is 2.43. The Bertz CT molecular complexity index is 691. The van der Waals surface area contributed by atoms with Gasteiger partial charge in [0.05, 0.1) is 15.7 Å². The molecule has 0 unspecified atom stereocenters. The summed E-state index contributed by atoms with van der Waals surface area (Å²) in [7, 11) is 1.61. The highest BCUT2D eigenvalue weighted by atomic mass is 79.9. The lowest BCUT2D eigenvalue weighted by Crippen LogP contribution is -2.19. The molecule has 0 heterocycles. The molecular weight excluding hydrogens is 344 g/mol. The lowest BCUT2D eigenvalue weighted by Gasteiger charge is -2.21. The van der Waals surface area contributed by atoms with E-state index in [0.29, 0.717) is 5.56 Å². The quantitative estimate of drug-likeness (QED) is 0.898. The third-order valence-electron chi connectivity index (χ3n) is 3.07. The Morgan fingerprint density at radius 1 is 1.24 bits per heavy atom. The number of anilines is 1. The molecule has 0 atom stereocenters. The van der Waals surface area contributed by atoms with E-state index in [2.05, 4.69) is 15.9 Å². The summed E-state index contributed by atoms with van der Waals surface area (Å²) in [4.78, 5) is 12.4. The number of benzene rings is 2. The predicted octanol–water partition coefficient (Wildman–Crippen LogP) is 4.06. The minimum atomic E-state index is -1.22. The predicted molar refractivity (Wildman–Crippen MR) is 79.6 cm³/mol. The SMILES string of the molecule is CN(Cc1ccccc1F)c1ccc(C(=O)O)c(Br)c1F. The lowest BCUT2D eigenvalue weighted by atomic mass is 10.1. The molecule has 0 fully saturated rings. The van der Waals surface area contributed by atoms with E-state index in [1.54, 1.807) is 25.2 Å². The van der Waals surface area contributed by atoms with Crippen LogP contribution >= 0.6 is 15.9 Å². The number of carboxylic acid groups (broad SMARTS) is 1. The first-order chi connectivity index (χ1) is 9.91. The first kappa shape index (κ1) is 15.4. The van der Waals surface area contributed by atoms with E-state index in [1.165, 1.54) is 23.1 Å². The fraction of sp³-hybridized carbons (Fsp3) is 0.133.